The fraction of sp³-hybridized carbons (Fsp3) is 0.462. The highest BCUT2D eigenvalue weighted by Crippen LogP contribution is 2.16. The Kier molecular flexibility index (Phi) is 4.15. The quantitative estimate of drug-likeness (QED) is 0.830. The second kappa shape index (κ2) is 5.82. The standard InChI is InChI=1S/C13H18FN3O/c1-3-4-10(8-18-2)15-13-16-11-6-5-9(14)7-12(11)17-13/h5-7,10H,3-4,8H2,1-2H3,(H2,15,16,17). The Morgan fingerprint density at radius 3 is 3.06 bits per heavy atom. The predicted molar refractivity (Wildman–Crippen MR) is 70.2 cm³/mol. The first kappa shape index (κ1) is 12.8. The zero-order valence-corrected chi connectivity index (χ0v) is 10.7. The third-order valence-corrected chi connectivity index (χ3v) is 2.79. The van der Waals surface area contributed by atoms with Gasteiger partial charge in [0.1, 0.15) is 5.82 Å². The summed E-state index contributed by atoms with van der Waals surface area (Å²) in [6, 6.07) is 4.73. The second-order valence-corrected chi connectivity index (χ2v) is 4.33. The van der Waals surface area contributed by atoms with E-state index in [9.17, 15) is 4.39 Å². The van der Waals surface area contributed by atoms with E-state index in [1.807, 2.05) is 0 Å². The van der Waals surface area contributed by atoms with E-state index in [4.69, 9.17) is 4.74 Å². The second-order valence-electron chi connectivity index (χ2n) is 4.33. The van der Waals surface area contributed by atoms with Gasteiger partial charge in [0, 0.05) is 7.11 Å². The summed E-state index contributed by atoms with van der Waals surface area (Å²) in [7, 11) is 1.68. The van der Waals surface area contributed by atoms with Crippen molar-refractivity contribution in [3.63, 3.8) is 0 Å². The highest BCUT2D eigenvalue weighted by atomic mass is 19.1. The van der Waals surface area contributed by atoms with E-state index in [1.165, 1.54) is 12.1 Å². The summed E-state index contributed by atoms with van der Waals surface area (Å²) in [5.74, 6) is 0.394. The smallest absolute Gasteiger partial charge is 0.201 e. The average molecular weight is 251 g/mol. The van der Waals surface area contributed by atoms with E-state index >= 15 is 0 Å². The maximum absolute atomic E-state index is 13.1. The molecule has 1 atom stereocenters. The van der Waals surface area contributed by atoms with E-state index in [0.29, 0.717) is 18.1 Å². The lowest BCUT2D eigenvalue weighted by Crippen LogP contribution is -2.25. The van der Waals surface area contributed by atoms with Crippen LogP contribution in [0.25, 0.3) is 11.0 Å². The van der Waals surface area contributed by atoms with Gasteiger partial charge in [-0.25, -0.2) is 9.37 Å². The summed E-state index contributed by atoms with van der Waals surface area (Å²) < 4.78 is 18.2. The molecule has 0 saturated heterocycles. The Labute approximate surface area is 106 Å². The molecule has 0 aliphatic carbocycles. The summed E-state index contributed by atoms with van der Waals surface area (Å²) in [6.07, 6.45) is 2.06. The number of nitrogens with zero attached hydrogens (tertiary/aromatic N) is 1. The van der Waals surface area contributed by atoms with Gasteiger partial charge in [0.15, 0.2) is 0 Å². The first-order chi connectivity index (χ1) is 8.72. The summed E-state index contributed by atoms with van der Waals surface area (Å²) >= 11 is 0. The van der Waals surface area contributed by atoms with E-state index < -0.39 is 0 Å². The van der Waals surface area contributed by atoms with Gasteiger partial charge in [-0.1, -0.05) is 13.3 Å². The minimum atomic E-state index is -0.264. The number of rotatable bonds is 6. The number of ether oxygens (including phenoxy) is 1. The maximum Gasteiger partial charge on any atom is 0.201 e. The molecule has 0 spiro atoms. The molecule has 2 aromatic rings. The minimum absolute atomic E-state index is 0.213. The van der Waals surface area contributed by atoms with E-state index in [-0.39, 0.29) is 11.9 Å². The molecular weight excluding hydrogens is 233 g/mol. The molecule has 1 heterocycles. The van der Waals surface area contributed by atoms with Gasteiger partial charge >= 0.3 is 0 Å². The van der Waals surface area contributed by atoms with Crippen molar-refractivity contribution in [1.29, 1.82) is 0 Å². The van der Waals surface area contributed by atoms with Gasteiger partial charge in [0.2, 0.25) is 5.95 Å². The van der Waals surface area contributed by atoms with Gasteiger partial charge in [0.25, 0.3) is 0 Å². The Bertz CT molecular complexity index is 506. The SMILES string of the molecule is CCCC(COC)Nc1nc2ccc(F)cc2[nH]1. The van der Waals surface area contributed by atoms with Crippen LogP contribution in [0.2, 0.25) is 0 Å². The molecule has 0 bridgehead atoms. The van der Waals surface area contributed by atoms with Gasteiger partial charge in [0.05, 0.1) is 23.7 Å². The Morgan fingerprint density at radius 1 is 1.50 bits per heavy atom. The molecule has 18 heavy (non-hydrogen) atoms. The lowest BCUT2D eigenvalue weighted by atomic mass is 10.2. The average Bonchev–Trinajstić information content (AvgIpc) is 2.71. The molecule has 0 amide bonds. The number of hydrogen-bond donors (Lipinski definition) is 2. The van der Waals surface area contributed by atoms with Crippen molar-refractivity contribution >= 4 is 17.0 Å². The van der Waals surface area contributed by atoms with E-state index in [2.05, 4.69) is 22.2 Å². The van der Waals surface area contributed by atoms with Gasteiger partial charge in [-0.3, -0.25) is 0 Å². The Morgan fingerprint density at radius 2 is 2.33 bits per heavy atom. The van der Waals surface area contributed by atoms with Gasteiger partial charge in [-0.2, -0.15) is 0 Å². The van der Waals surface area contributed by atoms with Crippen LogP contribution in [0, 0.1) is 5.82 Å². The van der Waals surface area contributed by atoms with E-state index in [0.717, 1.165) is 18.4 Å². The number of methoxy groups -OCH3 is 1. The molecule has 0 radical (unpaired) electrons. The molecule has 0 aliphatic rings. The Balaban J connectivity index is 2.14. The zero-order chi connectivity index (χ0) is 13.0. The van der Waals surface area contributed by atoms with Gasteiger partial charge in [-0.05, 0) is 24.6 Å². The minimum Gasteiger partial charge on any atom is -0.383 e. The predicted octanol–water partition coefficient (Wildman–Crippen LogP) is 2.93. The van der Waals surface area contributed by atoms with Crippen LogP contribution in [0.1, 0.15) is 19.8 Å². The van der Waals surface area contributed by atoms with Gasteiger partial charge in [-0.15, -0.1) is 0 Å². The van der Waals surface area contributed by atoms with Crippen LogP contribution in [0.5, 0.6) is 0 Å². The van der Waals surface area contributed by atoms with Crippen LogP contribution >= 0.6 is 0 Å². The molecule has 0 saturated carbocycles. The van der Waals surface area contributed by atoms with Crippen LogP contribution in [-0.2, 0) is 4.74 Å². The van der Waals surface area contributed by atoms with Crippen molar-refractivity contribution in [2.24, 2.45) is 0 Å². The lowest BCUT2D eigenvalue weighted by molar-refractivity contribution is 0.182. The highest BCUT2D eigenvalue weighted by Gasteiger charge is 2.10. The number of benzene rings is 1. The normalized spacial score (nSPS) is 12.8. The molecule has 0 fully saturated rings. The van der Waals surface area contributed by atoms with Crippen molar-refractivity contribution < 1.29 is 9.13 Å². The van der Waals surface area contributed by atoms with Crippen LogP contribution in [0.3, 0.4) is 0 Å². The van der Waals surface area contributed by atoms with Crippen molar-refractivity contribution in [3.8, 4) is 0 Å². The number of anilines is 1. The maximum atomic E-state index is 13.1. The number of H-pyrrole nitrogens is 1. The third-order valence-electron chi connectivity index (χ3n) is 2.79. The first-order valence-corrected chi connectivity index (χ1v) is 6.13. The number of aromatic nitrogens is 2. The molecule has 5 heteroatoms. The molecule has 98 valence electrons. The van der Waals surface area contributed by atoms with Gasteiger partial charge < -0.3 is 15.0 Å². The van der Waals surface area contributed by atoms with Crippen LogP contribution in [0.15, 0.2) is 18.2 Å². The molecule has 2 rings (SSSR count). The van der Waals surface area contributed by atoms with Crippen molar-refractivity contribution in [2.45, 2.75) is 25.8 Å². The largest absolute Gasteiger partial charge is 0.383 e. The number of imidazole rings is 1. The number of nitrogens with one attached hydrogen (secondary N) is 2. The molecule has 0 aliphatic heterocycles. The fourth-order valence-corrected chi connectivity index (χ4v) is 1.99. The molecule has 1 unspecified atom stereocenters. The van der Waals surface area contributed by atoms with Crippen molar-refractivity contribution in [3.05, 3.63) is 24.0 Å². The topological polar surface area (TPSA) is 49.9 Å². The van der Waals surface area contributed by atoms with Crippen LogP contribution in [-0.4, -0.2) is 29.7 Å². The summed E-state index contributed by atoms with van der Waals surface area (Å²) in [5.41, 5.74) is 1.46. The summed E-state index contributed by atoms with van der Waals surface area (Å²) in [4.78, 5) is 7.44. The lowest BCUT2D eigenvalue weighted by Gasteiger charge is -2.16. The molecule has 4 nitrogen and oxygen atoms in total. The van der Waals surface area contributed by atoms with Crippen molar-refractivity contribution in [1.82, 2.24) is 9.97 Å². The number of halogens is 1. The number of fused-ring (bicyclic) bond motifs is 1. The Hall–Kier alpha value is -1.62. The summed E-state index contributed by atoms with van der Waals surface area (Å²) in [6.45, 7) is 2.75. The van der Waals surface area contributed by atoms with Crippen LogP contribution < -0.4 is 5.32 Å². The molecular formula is C13H18FN3O. The molecule has 1 aromatic carbocycles. The molecule has 2 N–H and O–H groups in total. The van der Waals surface area contributed by atoms with Crippen LogP contribution in [0.4, 0.5) is 10.3 Å². The fourth-order valence-electron chi connectivity index (χ4n) is 1.99. The molecule has 1 aromatic heterocycles. The monoisotopic (exact) mass is 251 g/mol. The summed E-state index contributed by atoms with van der Waals surface area (Å²) in [5, 5.41) is 3.28. The van der Waals surface area contributed by atoms with E-state index in [1.54, 1.807) is 13.2 Å². The number of aromatic amines is 1. The highest BCUT2D eigenvalue weighted by molar-refractivity contribution is 5.77. The van der Waals surface area contributed by atoms with Crippen molar-refractivity contribution in [2.75, 3.05) is 19.0 Å². The number of hydrogen-bond acceptors (Lipinski definition) is 3. The first-order valence-electron chi connectivity index (χ1n) is 6.13. The zero-order valence-electron chi connectivity index (χ0n) is 10.7. The third kappa shape index (κ3) is 2.98.